The van der Waals surface area contributed by atoms with Gasteiger partial charge in [0, 0.05) is 16.6 Å². The van der Waals surface area contributed by atoms with E-state index in [1.807, 2.05) is 30.3 Å². The Hall–Kier alpha value is -2.34. The monoisotopic (exact) mass is 362 g/mol. The third-order valence-corrected chi connectivity index (χ3v) is 3.52. The molecular weight excluding hydrogens is 348 g/mol. The second-order valence-electron chi connectivity index (χ2n) is 4.69. The zero-order valence-electron chi connectivity index (χ0n) is 11.6. The largest absolute Gasteiger partial charge is 0.480 e. The molecule has 0 saturated carbocycles. The topological polar surface area (TPSA) is 78.4 Å². The van der Waals surface area contributed by atoms with E-state index >= 15 is 0 Å². The molecule has 0 saturated heterocycles. The van der Waals surface area contributed by atoms with Gasteiger partial charge in [0.1, 0.15) is 6.04 Å². The summed E-state index contributed by atoms with van der Waals surface area (Å²) < 4.78 is 0.915. The normalized spacial score (nSPS) is 11.5. The number of amides is 2. The van der Waals surface area contributed by atoms with Crippen molar-refractivity contribution >= 4 is 33.6 Å². The molecule has 0 aliphatic heterocycles. The van der Waals surface area contributed by atoms with Crippen LogP contribution in [0.2, 0.25) is 0 Å². The van der Waals surface area contributed by atoms with Crippen LogP contribution in [0.4, 0.5) is 10.5 Å². The van der Waals surface area contributed by atoms with E-state index in [-0.39, 0.29) is 6.42 Å². The van der Waals surface area contributed by atoms with Gasteiger partial charge in [-0.25, -0.2) is 9.59 Å². The smallest absolute Gasteiger partial charge is 0.326 e. The van der Waals surface area contributed by atoms with Crippen LogP contribution >= 0.6 is 15.9 Å². The SMILES string of the molecule is O=C(Nc1ccccc1)N[C@H](Cc1ccc(Br)cc1)C(=O)O. The third kappa shape index (κ3) is 4.89. The number of nitrogens with one attached hydrogen (secondary N) is 2. The maximum Gasteiger partial charge on any atom is 0.326 e. The average molecular weight is 363 g/mol. The minimum Gasteiger partial charge on any atom is -0.480 e. The second kappa shape index (κ2) is 7.61. The van der Waals surface area contributed by atoms with Crippen molar-refractivity contribution in [3.63, 3.8) is 0 Å². The molecule has 0 fully saturated rings. The Labute approximate surface area is 136 Å². The lowest BCUT2D eigenvalue weighted by atomic mass is 10.1. The molecule has 0 bridgehead atoms. The fraction of sp³-hybridized carbons (Fsp3) is 0.125. The van der Waals surface area contributed by atoms with Gasteiger partial charge in [-0.3, -0.25) is 0 Å². The highest BCUT2D eigenvalue weighted by molar-refractivity contribution is 9.10. The molecule has 2 rings (SSSR count). The number of rotatable bonds is 5. The maximum atomic E-state index is 11.9. The van der Waals surface area contributed by atoms with Crippen LogP contribution in [0.3, 0.4) is 0 Å². The predicted octanol–water partition coefficient (Wildman–Crippen LogP) is 3.27. The van der Waals surface area contributed by atoms with E-state index in [1.165, 1.54) is 0 Å². The quantitative estimate of drug-likeness (QED) is 0.763. The summed E-state index contributed by atoms with van der Waals surface area (Å²) in [7, 11) is 0. The van der Waals surface area contributed by atoms with Crippen molar-refractivity contribution in [2.45, 2.75) is 12.5 Å². The van der Waals surface area contributed by atoms with Crippen molar-refractivity contribution in [1.82, 2.24) is 5.32 Å². The van der Waals surface area contributed by atoms with Crippen LogP contribution in [0.1, 0.15) is 5.56 Å². The fourth-order valence-electron chi connectivity index (χ4n) is 1.90. The Morgan fingerprint density at radius 2 is 1.68 bits per heavy atom. The minimum atomic E-state index is -1.08. The lowest BCUT2D eigenvalue weighted by Gasteiger charge is -2.15. The molecule has 0 heterocycles. The van der Waals surface area contributed by atoms with Crippen LogP contribution in [-0.4, -0.2) is 23.1 Å². The molecule has 2 aromatic rings. The highest BCUT2D eigenvalue weighted by Gasteiger charge is 2.20. The summed E-state index contributed by atoms with van der Waals surface area (Å²) in [5.74, 6) is -1.08. The number of urea groups is 1. The summed E-state index contributed by atoms with van der Waals surface area (Å²) in [6.45, 7) is 0. The Kier molecular flexibility index (Phi) is 5.55. The Morgan fingerprint density at radius 1 is 1.05 bits per heavy atom. The van der Waals surface area contributed by atoms with Gasteiger partial charge in [0.15, 0.2) is 0 Å². The number of anilines is 1. The minimum absolute atomic E-state index is 0.213. The van der Waals surface area contributed by atoms with Crippen molar-refractivity contribution < 1.29 is 14.7 Å². The first-order valence-electron chi connectivity index (χ1n) is 6.64. The summed E-state index contributed by atoms with van der Waals surface area (Å²) in [4.78, 5) is 23.2. The first-order chi connectivity index (χ1) is 10.5. The second-order valence-corrected chi connectivity index (χ2v) is 5.60. The molecule has 0 radical (unpaired) electrons. The number of carboxylic acids is 1. The molecule has 0 unspecified atom stereocenters. The van der Waals surface area contributed by atoms with Crippen molar-refractivity contribution in [2.75, 3.05) is 5.32 Å². The summed E-state index contributed by atoms with van der Waals surface area (Å²) in [5.41, 5.74) is 1.43. The fourth-order valence-corrected chi connectivity index (χ4v) is 2.17. The van der Waals surface area contributed by atoms with Crippen LogP contribution in [0, 0.1) is 0 Å². The molecule has 5 nitrogen and oxygen atoms in total. The van der Waals surface area contributed by atoms with Crippen molar-refractivity contribution in [3.05, 3.63) is 64.6 Å². The Bertz CT molecular complexity index is 644. The van der Waals surface area contributed by atoms with Crippen molar-refractivity contribution in [1.29, 1.82) is 0 Å². The molecule has 2 aromatic carbocycles. The molecule has 0 aliphatic carbocycles. The number of carbonyl (C=O) groups is 2. The van der Waals surface area contributed by atoms with Gasteiger partial charge in [-0.2, -0.15) is 0 Å². The van der Waals surface area contributed by atoms with Crippen LogP contribution in [-0.2, 0) is 11.2 Å². The van der Waals surface area contributed by atoms with Crippen molar-refractivity contribution in [2.24, 2.45) is 0 Å². The van der Waals surface area contributed by atoms with E-state index < -0.39 is 18.0 Å². The molecule has 0 aliphatic rings. The molecule has 2 amide bonds. The standard InChI is InChI=1S/C16H15BrN2O3/c17-12-8-6-11(7-9-12)10-14(15(20)21)19-16(22)18-13-4-2-1-3-5-13/h1-9,14H,10H2,(H,20,21)(H2,18,19,22)/t14-/m1/s1. The van der Waals surface area contributed by atoms with E-state index in [0.717, 1.165) is 10.0 Å². The number of hydrogen-bond acceptors (Lipinski definition) is 2. The Balaban J connectivity index is 1.98. The molecule has 0 aromatic heterocycles. The lowest BCUT2D eigenvalue weighted by Crippen LogP contribution is -2.44. The van der Waals surface area contributed by atoms with Gasteiger partial charge in [-0.15, -0.1) is 0 Å². The number of hydrogen-bond donors (Lipinski definition) is 3. The van der Waals surface area contributed by atoms with Crippen LogP contribution < -0.4 is 10.6 Å². The number of benzene rings is 2. The number of para-hydroxylation sites is 1. The van der Waals surface area contributed by atoms with Gasteiger partial charge in [0.2, 0.25) is 0 Å². The number of halogens is 1. The number of carboxylic acid groups (broad SMARTS) is 1. The van der Waals surface area contributed by atoms with E-state index in [9.17, 15) is 14.7 Å². The molecule has 0 spiro atoms. The van der Waals surface area contributed by atoms with Crippen molar-refractivity contribution in [3.8, 4) is 0 Å². The van der Waals surface area contributed by atoms with Gasteiger partial charge >= 0.3 is 12.0 Å². The third-order valence-electron chi connectivity index (χ3n) is 2.99. The molecular formula is C16H15BrN2O3. The van der Waals surface area contributed by atoms with Crippen LogP contribution in [0.15, 0.2) is 59.1 Å². The van der Waals surface area contributed by atoms with Crippen LogP contribution in [0.25, 0.3) is 0 Å². The number of carbonyl (C=O) groups excluding carboxylic acids is 1. The zero-order chi connectivity index (χ0) is 15.9. The molecule has 3 N–H and O–H groups in total. The molecule has 1 atom stereocenters. The zero-order valence-corrected chi connectivity index (χ0v) is 13.2. The van der Waals surface area contributed by atoms with Crippen LogP contribution in [0.5, 0.6) is 0 Å². The average Bonchev–Trinajstić information content (AvgIpc) is 2.49. The molecule has 22 heavy (non-hydrogen) atoms. The summed E-state index contributed by atoms with van der Waals surface area (Å²) in [6, 6.07) is 14.6. The summed E-state index contributed by atoms with van der Waals surface area (Å²) in [6.07, 6.45) is 0.213. The van der Waals surface area contributed by atoms with E-state index in [4.69, 9.17) is 0 Å². The van der Waals surface area contributed by atoms with Gasteiger partial charge in [0.05, 0.1) is 0 Å². The van der Waals surface area contributed by atoms with E-state index in [1.54, 1.807) is 24.3 Å². The van der Waals surface area contributed by atoms with Gasteiger partial charge in [-0.05, 0) is 29.8 Å². The summed E-state index contributed by atoms with van der Waals surface area (Å²) >= 11 is 3.32. The van der Waals surface area contributed by atoms with Gasteiger partial charge in [-0.1, -0.05) is 46.3 Å². The predicted molar refractivity (Wildman–Crippen MR) is 87.9 cm³/mol. The number of aliphatic carboxylic acids is 1. The molecule has 6 heteroatoms. The van der Waals surface area contributed by atoms with E-state index in [2.05, 4.69) is 26.6 Å². The first kappa shape index (κ1) is 16.0. The first-order valence-corrected chi connectivity index (χ1v) is 7.44. The van der Waals surface area contributed by atoms with Gasteiger partial charge in [0.25, 0.3) is 0 Å². The summed E-state index contributed by atoms with van der Waals surface area (Å²) in [5, 5.41) is 14.3. The highest BCUT2D eigenvalue weighted by Crippen LogP contribution is 2.12. The lowest BCUT2D eigenvalue weighted by molar-refractivity contribution is -0.139. The molecule has 114 valence electrons. The van der Waals surface area contributed by atoms with E-state index in [0.29, 0.717) is 5.69 Å². The highest BCUT2D eigenvalue weighted by atomic mass is 79.9. The Morgan fingerprint density at radius 3 is 2.27 bits per heavy atom. The van der Waals surface area contributed by atoms with Gasteiger partial charge < -0.3 is 15.7 Å². The maximum absolute atomic E-state index is 11.9.